The van der Waals surface area contributed by atoms with E-state index in [-0.39, 0.29) is 5.69 Å². The highest BCUT2D eigenvalue weighted by Gasteiger charge is 2.21. The number of nitrogens with one attached hydrogen (secondary N) is 1. The molecule has 0 aliphatic rings. The predicted molar refractivity (Wildman–Crippen MR) is 81.8 cm³/mol. The van der Waals surface area contributed by atoms with Crippen molar-refractivity contribution in [2.45, 2.75) is 6.61 Å². The summed E-state index contributed by atoms with van der Waals surface area (Å²) in [6.07, 6.45) is 0. The van der Waals surface area contributed by atoms with Crippen LogP contribution in [0.3, 0.4) is 0 Å². The molecular formula is C14H8BrF3N2O4. The van der Waals surface area contributed by atoms with Crippen LogP contribution >= 0.6 is 15.9 Å². The van der Waals surface area contributed by atoms with E-state index in [1.54, 1.807) is 0 Å². The topological polar surface area (TPSA) is 81.5 Å². The van der Waals surface area contributed by atoms with Crippen LogP contribution in [-0.2, 0) is 0 Å². The van der Waals surface area contributed by atoms with Crippen molar-refractivity contribution in [1.29, 1.82) is 0 Å². The van der Waals surface area contributed by atoms with Crippen molar-refractivity contribution < 1.29 is 27.6 Å². The van der Waals surface area contributed by atoms with E-state index in [2.05, 4.69) is 26.0 Å². The molecule has 10 heteroatoms. The maximum atomic E-state index is 13.7. The van der Waals surface area contributed by atoms with Gasteiger partial charge >= 0.3 is 6.61 Å². The van der Waals surface area contributed by atoms with Crippen LogP contribution in [0.15, 0.2) is 40.9 Å². The largest absolute Gasteiger partial charge is 0.434 e. The minimum Gasteiger partial charge on any atom is -0.434 e. The summed E-state index contributed by atoms with van der Waals surface area (Å²) in [7, 11) is 0. The molecule has 6 nitrogen and oxygen atoms in total. The van der Waals surface area contributed by atoms with Crippen LogP contribution < -0.4 is 10.1 Å². The number of anilines is 1. The molecule has 0 heterocycles. The van der Waals surface area contributed by atoms with Gasteiger partial charge in [0.15, 0.2) is 0 Å². The lowest BCUT2D eigenvalue weighted by Gasteiger charge is -2.11. The van der Waals surface area contributed by atoms with Crippen LogP contribution in [0.5, 0.6) is 5.75 Å². The van der Waals surface area contributed by atoms with Gasteiger partial charge in [-0.05, 0) is 24.3 Å². The minimum atomic E-state index is -3.23. The van der Waals surface area contributed by atoms with Crippen LogP contribution in [-0.4, -0.2) is 17.4 Å². The molecule has 2 aromatic carbocycles. The molecule has 2 aromatic rings. The number of nitro groups is 1. The lowest BCUT2D eigenvalue weighted by atomic mass is 10.1. The second kappa shape index (κ2) is 7.30. The Hall–Kier alpha value is -2.62. The third kappa shape index (κ3) is 4.22. The zero-order valence-electron chi connectivity index (χ0n) is 11.6. The number of hydrogen-bond donors (Lipinski definition) is 1. The summed E-state index contributed by atoms with van der Waals surface area (Å²) >= 11 is 3.04. The van der Waals surface area contributed by atoms with Gasteiger partial charge < -0.3 is 10.1 Å². The molecule has 0 unspecified atom stereocenters. The highest BCUT2D eigenvalue weighted by Crippen LogP contribution is 2.27. The van der Waals surface area contributed by atoms with E-state index in [9.17, 15) is 28.1 Å². The molecule has 0 fully saturated rings. The van der Waals surface area contributed by atoms with E-state index in [0.29, 0.717) is 4.47 Å². The van der Waals surface area contributed by atoms with Gasteiger partial charge in [-0.1, -0.05) is 15.9 Å². The van der Waals surface area contributed by atoms with Crippen molar-refractivity contribution in [2.75, 3.05) is 5.32 Å². The molecule has 0 atom stereocenters. The van der Waals surface area contributed by atoms with Gasteiger partial charge in [0, 0.05) is 16.6 Å². The Morgan fingerprint density at radius 3 is 2.54 bits per heavy atom. The molecule has 0 spiro atoms. The second-order valence-electron chi connectivity index (χ2n) is 4.39. The van der Waals surface area contributed by atoms with Crippen molar-refractivity contribution in [3.05, 3.63) is 62.4 Å². The number of nitrogens with zero attached hydrogens (tertiary/aromatic N) is 1. The fraction of sp³-hybridized carbons (Fsp3) is 0.0714. The lowest BCUT2D eigenvalue weighted by molar-refractivity contribution is -0.384. The van der Waals surface area contributed by atoms with E-state index in [1.807, 2.05) is 0 Å². The first-order valence-electron chi connectivity index (χ1n) is 6.27. The Balaban J connectivity index is 2.38. The summed E-state index contributed by atoms with van der Waals surface area (Å²) in [5.74, 6) is -2.37. The molecule has 0 aliphatic carbocycles. The molecule has 126 valence electrons. The molecule has 0 saturated heterocycles. The van der Waals surface area contributed by atoms with Crippen LogP contribution in [0.25, 0.3) is 0 Å². The Bertz CT molecular complexity index is 802. The van der Waals surface area contributed by atoms with Crippen molar-refractivity contribution in [1.82, 2.24) is 0 Å². The quantitative estimate of drug-likeness (QED) is 0.593. The standard InChI is InChI=1S/C14H8BrF3N2O4/c15-7-1-3-11(10(16)5-7)19-13(21)9-6-8(20(22)23)2-4-12(9)24-14(17)18/h1-6,14H,(H,19,21). The molecule has 2 rings (SSSR count). The summed E-state index contributed by atoms with van der Waals surface area (Å²) in [6.45, 7) is -3.23. The number of ether oxygens (including phenoxy) is 1. The minimum absolute atomic E-state index is 0.224. The van der Waals surface area contributed by atoms with E-state index in [4.69, 9.17) is 0 Å². The van der Waals surface area contributed by atoms with Gasteiger partial charge in [-0.25, -0.2) is 4.39 Å². The number of benzene rings is 2. The number of rotatable bonds is 5. The molecule has 1 N–H and O–H groups in total. The molecule has 24 heavy (non-hydrogen) atoms. The Morgan fingerprint density at radius 2 is 1.96 bits per heavy atom. The number of carbonyl (C=O) groups is 1. The van der Waals surface area contributed by atoms with Crippen molar-refractivity contribution in [3.63, 3.8) is 0 Å². The first-order valence-corrected chi connectivity index (χ1v) is 7.07. The average Bonchev–Trinajstić information content (AvgIpc) is 2.49. The van der Waals surface area contributed by atoms with Gasteiger partial charge in [-0.15, -0.1) is 0 Å². The van der Waals surface area contributed by atoms with Gasteiger partial charge in [0.05, 0.1) is 16.2 Å². The monoisotopic (exact) mass is 404 g/mol. The number of halogens is 4. The van der Waals surface area contributed by atoms with E-state index >= 15 is 0 Å². The Labute approximate surface area is 141 Å². The van der Waals surface area contributed by atoms with Crippen molar-refractivity contribution in [2.24, 2.45) is 0 Å². The van der Waals surface area contributed by atoms with Gasteiger partial charge in [0.1, 0.15) is 11.6 Å². The van der Waals surface area contributed by atoms with Gasteiger partial charge in [0.2, 0.25) is 0 Å². The SMILES string of the molecule is O=C(Nc1ccc(Br)cc1F)c1cc([N+](=O)[O-])ccc1OC(F)F. The molecule has 0 saturated carbocycles. The van der Waals surface area contributed by atoms with E-state index < -0.39 is 40.3 Å². The summed E-state index contributed by atoms with van der Waals surface area (Å²) in [5.41, 5.74) is -1.25. The number of nitro benzene ring substituents is 1. The molecule has 0 radical (unpaired) electrons. The summed E-state index contributed by atoms with van der Waals surface area (Å²) < 4.78 is 43.1. The summed E-state index contributed by atoms with van der Waals surface area (Å²) in [5, 5.41) is 12.9. The Morgan fingerprint density at radius 1 is 1.25 bits per heavy atom. The van der Waals surface area contributed by atoms with Crippen LogP contribution in [0.2, 0.25) is 0 Å². The van der Waals surface area contributed by atoms with Crippen molar-refractivity contribution >= 4 is 33.2 Å². The summed E-state index contributed by atoms with van der Waals surface area (Å²) in [6, 6.07) is 6.32. The molecule has 1 amide bonds. The fourth-order valence-electron chi connectivity index (χ4n) is 1.79. The van der Waals surface area contributed by atoms with Crippen LogP contribution in [0, 0.1) is 15.9 Å². The number of non-ortho nitro benzene ring substituents is 1. The first-order chi connectivity index (χ1) is 11.3. The van der Waals surface area contributed by atoms with E-state index in [1.165, 1.54) is 12.1 Å². The first kappa shape index (κ1) is 17.7. The Kier molecular flexibility index (Phi) is 5.39. The van der Waals surface area contributed by atoms with Crippen LogP contribution in [0.4, 0.5) is 24.5 Å². The molecule has 0 bridgehead atoms. The molecular weight excluding hydrogens is 397 g/mol. The average molecular weight is 405 g/mol. The number of carbonyl (C=O) groups excluding carboxylic acids is 1. The third-order valence-electron chi connectivity index (χ3n) is 2.81. The zero-order valence-corrected chi connectivity index (χ0v) is 13.2. The van der Waals surface area contributed by atoms with Gasteiger partial charge in [-0.2, -0.15) is 8.78 Å². The third-order valence-corrected chi connectivity index (χ3v) is 3.31. The predicted octanol–water partition coefficient (Wildman–Crippen LogP) is 4.35. The zero-order chi connectivity index (χ0) is 17.9. The van der Waals surface area contributed by atoms with Gasteiger partial charge in [0.25, 0.3) is 11.6 Å². The van der Waals surface area contributed by atoms with Gasteiger partial charge in [-0.3, -0.25) is 14.9 Å². The smallest absolute Gasteiger partial charge is 0.387 e. The number of alkyl halides is 2. The lowest BCUT2D eigenvalue weighted by Crippen LogP contribution is -2.16. The number of amides is 1. The molecule has 0 aromatic heterocycles. The highest BCUT2D eigenvalue weighted by atomic mass is 79.9. The highest BCUT2D eigenvalue weighted by molar-refractivity contribution is 9.10. The van der Waals surface area contributed by atoms with E-state index in [0.717, 1.165) is 24.3 Å². The maximum absolute atomic E-state index is 13.7. The number of hydrogen-bond acceptors (Lipinski definition) is 4. The normalized spacial score (nSPS) is 10.5. The fourth-order valence-corrected chi connectivity index (χ4v) is 2.12. The van der Waals surface area contributed by atoms with Crippen molar-refractivity contribution in [3.8, 4) is 5.75 Å². The maximum Gasteiger partial charge on any atom is 0.387 e. The van der Waals surface area contributed by atoms with Crippen LogP contribution in [0.1, 0.15) is 10.4 Å². The molecule has 0 aliphatic heterocycles. The summed E-state index contributed by atoms with van der Waals surface area (Å²) in [4.78, 5) is 22.2. The second-order valence-corrected chi connectivity index (χ2v) is 5.31.